The van der Waals surface area contributed by atoms with Crippen molar-refractivity contribution in [3.05, 3.63) is 30.0 Å². The Morgan fingerprint density at radius 3 is 2.74 bits per heavy atom. The van der Waals surface area contributed by atoms with Crippen molar-refractivity contribution in [2.75, 3.05) is 6.61 Å². The summed E-state index contributed by atoms with van der Waals surface area (Å²) in [5.74, 6) is 1.01. The molecule has 0 aliphatic rings. The van der Waals surface area contributed by atoms with Crippen LogP contribution >= 0.6 is 0 Å². The summed E-state index contributed by atoms with van der Waals surface area (Å²) < 4.78 is 5.81. The molecule has 3 heteroatoms. The van der Waals surface area contributed by atoms with Gasteiger partial charge in [-0.25, -0.2) is 4.98 Å². The fraction of sp³-hybridized carbons (Fsp3) is 0.438. The predicted molar refractivity (Wildman–Crippen MR) is 77.8 cm³/mol. The molecule has 19 heavy (non-hydrogen) atoms. The van der Waals surface area contributed by atoms with Crippen LogP contribution in [-0.4, -0.2) is 16.7 Å². The molecule has 102 valence electrons. The van der Waals surface area contributed by atoms with Crippen LogP contribution in [0, 0.1) is 6.92 Å². The Labute approximate surface area is 114 Å². The molecule has 0 aliphatic carbocycles. The second kappa shape index (κ2) is 6.41. The third-order valence-electron chi connectivity index (χ3n) is 3.19. The number of fused-ring (bicyclic) bond motifs is 1. The maximum atomic E-state index is 9.84. The van der Waals surface area contributed by atoms with Gasteiger partial charge in [0.15, 0.2) is 0 Å². The Kier molecular flexibility index (Phi) is 4.61. The summed E-state index contributed by atoms with van der Waals surface area (Å²) >= 11 is 0. The van der Waals surface area contributed by atoms with E-state index in [9.17, 15) is 5.11 Å². The van der Waals surface area contributed by atoms with Crippen LogP contribution < -0.4 is 4.74 Å². The van der Waals surface area contributed by atoms with E-state index in [0.29, 0.717) is 12.1 Å². The first-order valence-corrected chi connectivity index (χ1v) is 6.94. The lowest BCUT2D eigenvalue weighted by atomic mass is 10.1. The molecule has 0 unspecified atom stereocenters. The Morgan fingerprint density at radius 1 is 1.11 bits per heavy atom. The number of ether oxygens (including phenoxy) is 1. The van der Waals surface area contributed by atoms with E-state index < -0.39 is 0 Å². The minimum Gasteiger partial charge on any atom is -0.506 e. The number of rotatable bonds is 6. The van der Waals surface area contributed by atoms with Gasteiger partial charge in [-0.3, -0.25) is 0 Å². The maximum Gasteiger partial charge on any atom is 0.142 e. The Balaban J connectivity index is 2.13. The molecule has 0 aliphatic heterocycles. The molecule has 0 radical (unpaired) electrons. The third kappa shape index (κ3) is 3.37. The maximum absolute atomic E-state index is 9.84. The summed E-state index contributed by atoms with van der Waals surface area (Å²) in [6.07, 6.45) is 4.74. The fourth-order valence-electron chi connectivity index (χ4n) is 2.11. The molecule has 0 spiro atoms. The van der Waals surface area contributed by atoms with Crippen LogP contribution in [0.1, 0.15) is 38.3 Å². The summed E-state index contributed by atoms with van der Waals surface area (Å²) in [7, 11) is 0. The average Bonchev–Trinajstić information content (AvgIpc) is 2.41. The molecule has 2 rings (SSSR count). The molecule has 1 N–H and O–H groups in total. The van der Waals surface area contributed by atoms with Gasteiger partial charge in [-0.15, -0.1) is 0 Å². The lowest BCUT2D eigenvalue weighted by molar-refractivity contribution is 0.308. The first-order valence-electron chi connectivity index (χ1n) is 6.94. The highest BCUT2D eigenvalue weighted by Gasteiger charge is 2.07. The first kappa shape index (κ1) is 13.7. The summed E-state index contributed by atoms with van der Waals surface area (Å²) in [5.41, 5.74) is 1.51. The number of aryl methyl sites for hydroxylation is 1. The lowest BCUT2D eigenvalue weighted by Gasteiger charge is -2.10. The summed E-state index contributed by atoms with van der Waals surface area (Å²) in [5, 5.41) is 10.7. The molecule has 0 bridgehead atoms. The van der Waals surface area contributed by atoms with Crippen molar-refractivity contribution in [2.24, 2.45) is 0 Å². The van der Waals surface area contributed by atoms with Gasteiger partial charge in [0.2, 0.25) is 0 Å². The van der Waals surface area contributed by atoms with Crippen molar-refractivity contribution in [2.45, 2.75) is 39.5 Å². The van der Waals surface area contributed by atoms with E-state index in [1.807, 2.05) is 25.1 Å². The van der Waals surface area contributed by atoms with Gasteiger partial charge in [0.05, 0.1) is 6.61 Å². The van der Waals surface area contributed by atoms with Crippen molar-refractivity contribution in [3.63, 3.8) is 0 Å². The number of phenols is 1. The van der Waals surface area contributed by atoms with Gasteiger partial charge < -0.3 is 9.84 Å². The van der Waals surface area contributed by atoms with Crippen molar-refractivity contribution in [1.29, 1.82) is 0 Å². The molecular formula is C16H21NO2. The molecule has 0 saturated carbocycles. The van der Waals surface area contributed by atoms with Crippen LogP contribution in [0.2, 0.25) is 0 Å². The standard InChI is InChI=1S/C16H21NO2/c1-3-4-5-6-11-19-15-10-9-14(18)16-13(15)8-7-12(2)17-16/h7-10,18H,3-6,11H2,1-2H3. The van der Waals surface area contributed by atoms with Crippen LogP contribution in [0.5, 0.6) is 11.5 Å². The first-order chi connectivity index (χ1) is 9.22. The van der Waals surface area contributed by atoms with Gasteiger partial charge >= 0.3 is 0 Å². The van der Waals surface area contributed by atoms with Crippen LogP contribution in [0.15, 0.2) is 24.3 Å². The molecule has 0 amide bonds. The smallest absolute Gasteiger partial charge is 0.142 e. The number of hydrogen-bond donors (Lipinski definition) is 1. The number of nitrogens with zero attached hydrogens (tertiary/aromatic N) is 1. The molecule has 1 aromatic heterocycles. The van der Waals surface area contributed by atoms with Gasteiger partial charge in [0.25, 0.3) is 0 Å². The topological polar surface area (TPSA) is 42.4 Å². The fourth-order valence-corrected chi connectivity index (χ4v) is 2.11. The van der Waals surface area contributed by atoms with Gasteiger partial charge in [0, 0.05) is 11.1 Å². The SMILES string of the molecule is CCCCCCOc1ccc(O)c2nc(C)ccc12. The van der Waals surface area contributed by atoms with Crippen LogP contribution in [-0.2, 0) is 0 Å². The third-order valence-corrected chi connectivity index (χ3v) is 3.19. The Hall–Kier alpha value is -1.77. The van der Waals surface area contributed by atoms with E-state index in [1.165, 1.54) is 19.3 Å². The van der Waals surface area contributed by atoms with Crippen molar-refractivity contribution < 1.29 is 9.84 Å². The van der Waals surface area contributed by atoms with Gasteiger partial charge in [-0.2, -0.15) is 0 Å². The quantitative estimate of drug-likeness (QED) is 0.790. The molecule has 1 aromatic carbocycles. The van der Waals surface area contributed by atoms with Crippen molar-refractivity contribution in [1.82, 2.24) is 4.98 Å². The lowest BCUT2D eigenvalue weighted by Crippen LogP contribution is -1.98. The molecule has 2 aromatic rings. The highest BCUT2D eigenvalue weighted by Crippen LogP contribution is 2.31. The minimum absolute atomic E-state index is 0.206. The van der Waals surface area contributed by atoms with Gasteiger partial charge in [-0.1, -0.05) is 26.2 Å². The molecule has 0 atom stereocenters. The number of aromatic hydroxyl groups is 1. The average molecular weight is 259 g/mol. The van der Waals surface area contributed by atoms with Gasteiger partial charge in [0.1, 0.15) is 17.0 Å². The second-order valence-corrected chi connectivity index (χ2v) is 4.84. The number of hydrogen-bond acceptors (Lipinski definition) is 3. The Bertz CT molecular complexity index is 552. The van der Waals surface area contributed by atoms with E-state index >= 15 is 0 Å². The zero-order valence-electron chi connectivity index (χ0n) is 11.6. The Morgan fingerprint density at radius 2 is 1.95 bits per heavy atom. The molecule has 1 heterocycles. The monoisotopic (exact) mass is 259 g/mol. The molecular weight excluding hydrogens is 238 g/mol. The number of benzene rings is 1. The van der Waals surface area contributed by atoms with E-state index in [1.54, 1.807) is 6.07 Å². The minimum atomic E-state index is 0.206. The number of unbranched alkanes of at least 4 members (excludes halogenated alkanes) is 3. The summed E-state index contributed by atoms with van der Waals surface area (Å²) in [4.78, 5) is 4.36. The van der Waals surface area contributed by atoms with Crippen molar-refractivity contribution in [3.8, 4) is 11.5 Å². The normalized spacial score (nSPS) is 10.8. The van der Waals surface area contributed by atoms with Crippen LogP contribution in [0.4, 0.5) is 0 Å². The van der Waals surface area contributed by atoms with E-state index in [-0.39, 0.29) is 5.75 Å². The van der Waals surface area contributed by atoms with Gasteiger partial charge in [-0.05, 0) is 37.6 Å². The van der Waals surface area contributed by atoms with Crippen molar-refractivity contribution >= 4 is 10.9 Å². The number of aromatic nitrogens is 1. The largest absolute Gasteiger partial charge is 0.506 e. The van der Waals surface area contributed by atoms with Crippen LogP contribution in [0.3, 0.4) is 0 Å². The zero-order valence-corrected chi connectivity index (χ0v) is 11.6. The highest BCUT2D eigenvalue weighted by molar-refractivity contribution is 5.89. The highest BCUT2D eigenvalue weighted by atomic mass is 16.5. The summed E-state index contributed by atoms with van der Waals surface area (Å²) in [6.45, 7) is 4.83. The molecule has 0 fully saturated rings. The molecule has 3 nitrogen and oxygen atoms in total. The number of pyridine rings is 1. The van der Waals surface area contributed by atoms with E-state index in [0.717, 1.165) is 23.3 Å². The van der Waals surface area contributed by atoms with Crippen LogP contribution in [0.25, 0.3) is 10.9 Å². The second-order valence-electron chi connectivity index (χ2n) is 4.84. The molecule has 0 saturated heterocycles. The van der Waals surface area contributed by atoms with E-state index in [2.05, 4.69) is 11.9 Å². The number of phenolic OH excluding ortho intramolecular Hbond substituents is 1. The van der Waals surface area contributed by atoms with E-state index in [4.69, 9.17) is 4.74 Å². The summed E-state index contributed by atoms with van der Waals surface area (Å²) in [6, 6.07) is 7.36. The predicted octanol–water partition coefficient (Wildman–Crippen LogP) is 4.21. The zero-order chi connectivity index (χ0) is 13.7.